The predicted molar refractivity (Wildman–Crippen MR) is 96.0 cm³/mol. The molecule has 2 unspecified atom stereocenters. The van der Waals surface area contributed by atoms with Gasteiger partial charge in [-0.15, -0.1) is 12.4 Å². The maximum Gasteiger partial charge on any atom is 0.237 e. The third kappa shape index (κ3) is 6.47. The Morgan fingerprint density at radius 1 is 1.38 bits per heavy atom. The van der Waals surface area contributed by atoms with E-state index in [-0.39, 0.29) is 30.3 Å². The van der Waals surface area contributed by atoms with Gasteiger partial charge < -0.3 is 21.1 Å². The van der Waals surface area contributed by atoms with Gasteiger partial charge in [-0.3, -0.25) is 9.59 Å². The van der Waals surface area contributed by atoms with Gasteiger partial charge in [0.2, 0.25) is 11.8 Å². The van der Waals surface area contributed by atoms with E-state index in [0.29, 0.717) is 31.8 Å². The molecule has 24 heavy (non-hydrogen) atoms. The van der Waals surface area contributed by atoms with Gasteiger partial charge in [-0.25, -0.2) is 0 Å². The molecule has 0 bridgehead atoms. The first-order valence-corrected chi connectivity index (χ1v) is 8.02. The highest BCUT2D eigenvalue weighted by atomic mass is 35.5. The number of aliphatic hydroxyl groups is 1. The van der Waals surface area contributed by atoms with E-state index in [2.05, 4.69) is 16.0 Å². The molecule has 1 aliphatic heterocycles. The van der Waals surface area contributed by atoms with Gasteiger partial charge in [0.05, 0.1) is 12.1 Å². The topological polar surface area (TPSA) is 90.5 Å². The number of carbonyl (C=O) groups is 2. The molecule has 0 aromatic heterocycles. The summed E-state index contributed by atoms with van der Waals surface area (Å²) in [6.07, 6.45) is 0.471. The van der Waals surface area contributed by atoms with Crippen molar-refractivity contribution in [1.82, 2.24) is 10.6 Å². The second-order valence-electron chi connectivity index (χ2n) is 6.41. The smallest absolute Gasteiger partial charge is 0.237 e. The Kier molecular flexibility index (Phi) is 8.18. The van der Waals surface area contributed by atoms with Gasteiger partial charge in [0.1, 0.15) is 0 Å². The predicted octanol–water partition coefficient (Wildman–Crippen LogP) is 1.43. The van der Waals surface area contributed by atoms with Crippen LogP contribution < -0.4 is 16.0 Å². The van der Waals surface area contributed by atoms with Gasteiger partial charge in [-0.1, -0.05) is 26.0 Å². The molecule has 4 N–H and O–H groups in total. The maximum atomic E-state index is 12.0. The van der Waals surface area contributed by atoms with Crippen molar-refractivity contribution in [2.24, 2.45) is 5.92 Å². The minimum absolute atomic E-state index is 0. The lowest BCUT2D eigenvalue weighted by atomic mass is 10.1. The summed E-state index contributed by atoms with van der Waals surface area (Å²) in [7, 11) is 0. The second kappa shape index (κ2) is 9.61. The van der Waals surface area contributed by atoms with E-state index in [1.165, 1.54) is 0 Å². The van der Waals surface area contributed by atoms with Crippen LogP contribution in [0, 0.1) is 5.92 Å². The SMILES string of the molecule is CC(C)CC(=O)Nc1cccc(CNC(=O)C2CC(O)CN2)c1.Cl. The molecule has 7 heteroatoms. The van der Waals surface area contributed by atoms with E-state index in [9.17, 15) is 14.7 Å². The molecule has 2 rings (SSSR count). The average Bonchev–Trinajstić information content (AvgIpc) is 2.91. The normalized spacial score (nSPS) is 19.7. The van der Waals surface area contributed by atoms with Gasteiger partial charge in [0.25, 0.3) is 0 Å². The standard InChI is InChI=1S/C17H25N3O3.ClH/c1-11(2)6-16(22)20-13-5-3-4-12(7-13)9-19-17(23)15-8-14(21)10-18-15;/h3-5,7,11,14-15,18,21H,6,8-10H2,1-2H3,(H,19,23)(H,20,22);1H. The summed E-state index contributed by atoms with van der Waals surface area (Å²) in [5.74, 6) is 0.188. The molecule has 6 nitrogen and oxygen atoms in total. The molecule has 0 radical (unpaired) electrons. The maximum absolute atomic E-state index is 12.0. The van der Waals surface area contributed by atoms with Gasteiger partial charge in [0, 0.05) is 25.2 Å². The van der Waals surface area contributed by atoms with Crippen molar-refractivity contribution in [3.05, 3.63) is 29.8 Å². The Hall–Kier alpha value is -1.63. The van der Waals surface area contributed by atoms with E-state index in [0.717, 1.165) is 11.3 Å². The lowest BCUT2D eigenvalue weighted by molar-refractivity contribution is -0.123. The largest absolute Gasteiger partial charge is 0.392 e. The molecular weight excluding hydrogens is 330 g/mol. The number of aliphatic hydroxyl groups excluding tert-OH is 1. The molecule has 1 aliphatic rings. The quantitative estimate of drug-likeness (QED) is 0.621. The van der Waals surface area contributed by atoms with Gasteiger partial charge in [-0.05, 0) is 30.0 Å². The van der Waals surface area contributed by atoms with Crippen molar-refractivity contribution in [1.29, 1.82) is 0 Å². The molecular formula is C17H26ClN3O3. The number of benzene rings is 1. The number of nitrogens with one attached hydrogen (secondary N) is 3. The molecule has 1 aromatic rings. The van der Waals surface area contributed by atoms with Gasteiger partial charge in [-0.2, -0.15) is 0 Å². The van der Waals surface area contributed by atoms with Crippen LogP contribution in [0.1, 0.15) is 32.3 Å². The van der Waals surface area contributed by atoms with Crippen molar-refractivity contribution < 1.29 is 14.7 Å². The fourth-order valence-electron chi connectivity index (χ4n) is 2.57. The molecule has 134 valence electrons. The summed E-state index contributed by atoms with van der Waals surface area (Å²) in [5, 5.41) is 18.1. The van der Waals surface area contributed by atoms with E-state index in [1.807, 2.05) is 38.1 Å². The van der Waals surface area contributed by atoms with E-state index in [4.69, 9.17) is 0 Å². The lowest BCUT2D eigenvalue weighted by Gasteiger charge is -2.12. The monoisotopic (exact) mass is 355 g/mol. The summed E-state index contributed by atoms with van der Waals surface area (Å²) in [4.78, 5) is 23.8. The second-order valence-corrected chi connectivity index (χ2v) is 6.41. The molecule has 1 heterocycles. The van der Waals surface area contributed by atoms with Crippen LogP contribution in [-0.4, -0.2) is 35.6 Å². The number of carbonyl (C=O) groups excluding carboxylic acids is 2. The molecule has 0 spiro atoms. The van der Waals surface area contributed by atoms with Crippen LogP contribution in [0.3, 0.4) is 0 Å². The zero-order valence-corrected chi connectivity index (χ0v) is 14.9. The third-order valence-corrected chi connectivity index (χ3v) is 3.70. The van der Waals surface area contributed by atoms with Crippen LogP contribution in [-0.2, 0) is 16.1 Å². The molecule has 2 amide bonds. The first kappa shape index (κ1) is 20.4. The zero-order valence-electron chi connectivity index (χ0n) is 14.0. The average molecular weight is 356 g/mol. The summed E-state index contributed by atoms with van der Waals surface area (Å²) in [6.45, 7) is 4.84. The third-order valence-electron chi connectivity index (χ3n) is 3.70. The Bertz CT molecular complexity index is 566. The number of anilines is 1. The van der Waals surface area contributed by atoms with Crippen molar-refractivity contribution in [3.8, 4) is 0 Å². The summed E-state index contributed by atoms with van der Waals surface area (Å²) in [6, 6.07) is 7.10. The van der Waals surface area contributed by atoms with E-state index >= 15 is 0 Å². The van der Waals surface area contributed by atoms with E-state index in [1.54, 1.807) is 0 Å². The first-order chi connectivity index (χ1) is 10.9. The minimum Gasteiger partial charge on any atom is -0.392 e. The summed E-state index contributed by atoms with van der Waals surface area (Å²) in [5.41, 5.74) is 1.65. The summed E-state index contributed by atoms with van der Waals surface area (Å²) >= 11 is 0. The number of halogens is 1. The fourth-order valence-corrected chi connectivity index (χ4v) is 2.57. The molecule has 1 saturated heterocycles. The molecule has 0 saturated carbocycles. The van der Waals surface area contributed by atoms with Crippen LogP contribution in [0.15, 0.2) is 24.3 Å². The number of amides is 2. The van der Waals surface area contributed by atoms with Crippen molar-refractivity contribution in [2.45, 2.75) is 45.4 Å². The molecule has 0 aliphatic carbocycles. The number of hydrogen-bond acceptors (Lipinski definition) is 4. The highest BCUT2D eigenvalue weighted by molar-refractivity contribution is 5.90. The van der Waals surface area contributed by atoms with Crippen LogP contribution in [0.2, 0.25) is 0 Å². The summed E-state index contributed by atoms with van der Waals surface area (Å²) < 4.78 is 0. The van der Waals surface area contributed by atoms with Crippen LogP contribution in [0.25, 0.3) is 0 Å². The zero-order chi connectivity index (χ0) is 16.8. The minimum atomic E-state index is -0.453. The Morgan fingerprint density at radius 3 is 2.75 bits per heavy atom. The van der Waals surface area contributed by atoms with Crippen LogP contribution >= 0.6 is 12.4 Å². The lowest BCUT2D eigenvalue weighted by Crippen LogP contribution is -2.40. The highest BCUT2D eigenvalue weighted by Crippen LogP contribution is 2.13. The fraction of sp³-hybridized carbons (Fsp3) is 0.529. The van der Waals surface area contributed by atoms with Gasteiger partial charge in [0.15, 0.2) is 0 Å². The number of rotatable bonds is 6. The van der Waals surface area contributed by atoms with Crippen LogP contribution in [0.5, 0.6) is 0 Å². The van der Waals surface area contributed by atoms with Crippen molar-refractivity contribution in [2.75, 3.05) is 11.9 Å². The number of hydrogen-bond donors (Lipinski definition) is 4. The van der Waals surface area contributed by atoms with E-state index < -0.39 is 6.10 Å². The Balaban J connectivity index is 0.00000288. The van der Waals surface area contributed by atoms with Crippen LogP contribution in [0.4, 0.5) is 5.69 Å². The van der Waals surface area contributed by atoms with Crippen molar-refractivity contribution >= 4 is 29.9 Å². The Morgan fingerprint density at radius 2 is 2.12 bits per heavy atom. The number of β-amino-alcohol motifs (C(OH)–C–C–N with tert-alkyl or cyclic N) is 1. The first-order valence-electron chi connectivity index (χ1n) is 8.02. The molecule has 1 fully saturated rings. The van der Waals surface area contributed by atoms with Crippen molar-refractivity contribution in [3.63, 3.8) is 0 Å². The Labute approximate surface area is 148 Å². The highest BCUT2D eigenvalue weighted by Gasteiger charge is 2.27. The van der Waals surface area contributed by atoms with Gasteiger partial charge >= 0.3 is 0 Å². The molecule has 2 atom stereocenters. The molecule has 1 aromatic carbocycles.